The molecule has 2 rings (SSSR count). The van der Waals surface area contributed by atoms with Gasteiger partial charge >= 0.3 is 0 Å². The Bertz CT molecular complexity index is 946. The summed E-state index contributed by atoms with van der Waals surface area (Å²) in [7, 11) is 1.61. The van der Waals surface area contributed by atoms with E-state index in [1.165, 1.54) is 0 Å². The molecule has 0 spiro atoms. The highest BCUT2D eigenvalue weighted by Crippen LogP contribution is 2.23. The second-order valence-corrected chi connectivity index (χ2v) is 9.28. The molecule has 1 N–H and O–H groups in total. The van der Waals surface area contributed by atoms with E-state index in [4.69, 9.17) is 9.47 Å². The third-order valence-electron chi connectivity index (χ3n) is 5.29. The predicted octanol–water partition coefficient (Wildman–Crippen LogP) is 4.33. The van der Waals surface area contributed by atoms with Crippen LogP contribution >= 0.6 is 0 Å². The molecule has 0 fully saturated rings. The van der Waals surface area contributed by atoms with Crippen LogP contribution in [0.25, 0.3) is 0 Å². The molecule has 32 heavy (non-hydrogen) atoms. The average molecular weight is 441 g/mol. The highest BCUT2D eigenvalue weighted by Gasteiger charge is 2.28. The first-order chi connectivity index (χ1) is 14.9. The van der Waals surface area contributed by atoms with E-state index < -0.39 is 11.6 Å². The molecule has 2 amide bonds. The van der Waals surface area contributed by atoms with Crippen molar-refractivity contribution < 1.29 is 19.1 Å². The highest BCUT2D eigenvalue weighted by atomic mass is 16.5. The van der Waals surface area contributed by atoms with Gasteiger partial charge in [0.1, 0.15) is 17.5 Å². The number of methoxy groups -OCH3 is 1. The second-order valence-electron chi connectivity index (χ2n) is 9.28. The number of nitrogens with zero attached hydrogens (tertiary/aromatic N) is 1. The Labute approximate surface area is 191 Å². The Morgan fingerprint density at radius 3 is 2.25 bits per heavy atom. The zero-order valence-electron chi connectivity index (χ0n) is 20.5. The molecule has 0 saturated carbocycles. The van der Waals surface area contributed by atoms with Crippen molar-refractivity contribution in [1.82, 2.24) is 10.2 Å². The van der Waals surface area contributed by atoms with Gasteiger partial charge in [0.15, 0.2) is 6.61 Å². The number of rotatable bonds is 8. The summed E-state index contributed by atoms with van der Waals surface area (Å²) in [6, 6.07) is 10.8. The SMILES string of the molecule is COc1ccc(CN(C(=O)COc2cc(C)cc(C)c2C)[C@@H](C)C(=O)NC(C)(C)C)cc1. The minimum Gasteiger partial charge on any atom is -0.497 e. The highest BCUT2D eigenvalue weighted by molar-refractivity contribution is 5.88. The molecular formula is C26H36N2O4. The van der Waals surface area contributed by atoms with Crippen molar-refractivity contribution in [3.63, 3.8) is 0 Å². The van der Waals surface area contributed by atoms with Gasteiger partial charge in [0.25, 0.3) is 5.91 Å². The fourth-order valence-corrected chi connectivity index (χ4v) is 3.36. The third-order valence-corrected chi connectivity index (χ3v) is 5.29. The second kappa shape index (κ2) is 10.5. The van der Waals surface area contributed by atoms with Crippen molar-refractivity contribution in [3.05, 3.63) is 58.7 Å². The summed E-state index contributed by atoms with van der Waals surface area (Å²) in [6.07, 6.45) is 0. The number of carbonyl (C=O) groups is 2. The lowest BCUT2D eigenvalue weighted by molar-refractivity contribution is -0.142. The lowest BCUT2D eigenvalue weighted by atomic mass is 10.1. The molecule has 0 bridgehead atoms. The van der Waals surface area contributed by atoms with Crippen LogP contribution < -0.4 is 14.8 Å². The van der Waals surface area contributed by atoms with Crippen molar-refractivity contribution in [2.24, 2.45) is 0 Å². The Kier molecular flexibility index (Phi) is 8.31. The summed E-state index contributed by atoms with van der Waals surface area (Å²) in [4.78, 5) is 27.6. The zero-order chi connectivity index (χ0) is 24.1. The topological polar surface area (TPSA) is 67.9 Å². The molecule has 0 heterocycles. The summed E-state index contributed by atoms with van der Waals surface area (Å²) in [5, 5.41) is 2.96. The monoisotopic (exact) mass is 440 g/mol. The lowest BCUT2D eigenvalue weighted by Gasteiger charge is -2.31. The third kappa shape index (κ3) is 7.01. The largest absolute Gasteiger partial charge is 0.497 e. The van der Waals surface area contributed by atoms with Crippen LogP contribution in [0, 0.1) is 20.8 Å². The Morgan fingerprint density at radius 2 is 1.69 bits per heavy atom. The van der Waals surface area contributed by atoms with Gasteiger partial charge < -0.3 is 19.7 Å². The van der Waals surface area contributed by atoms with E-state index in [-0.39, 0.29) is 25.0 Å². The molecule has 6 heteroatoms. The Balaban J connectivity index is 2.23. The molecule has 6 nitrogen and oxygen atoms in total. The van der Waals surface area contributed by atoms with E-state index >= 15 is 0 Å². The van der Waals surface area contributed by atoms with Crippen LogP contribution in [0.1, 0.15) is 49.9 Å². The molecule has 0 aliphatic carbocycles. The van der Waals surface area contributed by atoms with Gasteiger partial charge in [0.2, 0.25) is 5.91 Å². The number of amides is 2. The van der Waals surface area contributed by atoms with E-state index in [0.29, 0.717) is 5.75 Å². The average Bonchev–Trinajstić information content (AvgIpc) is 2.72. The fourth-order valence-electron chi connectivity index (χ4n) is 3.36. The molecule has 2 aromatic carbocycles. The number of hydrogen-bond acceptors (Lipinski definition) is 4. The van der Waals surface area contributed by atoms with Gasteiger partial charge in [0.05, 0.1) is 7.11 Å². The van der Waals surface area contributed by atoms with Crippen LogP contribution in [-0.2, 0) is 16.1 Å². The Morgan fingerprint density at radius 1 is 1.06 bits per heavy atom. The lowest BCUT2D eigenvalue weighted by Crippen LogP contribution is -2.53. The van der Waals surface area contributed by atoms with E-state index in [2.05, 4.69) is 11.4 Å². The molecule has 0 aromatic heterocycles. The maximum absolute atomic E-state index is 13.2. The maximum atomic E-state index is 13.2. The van der Waals surface area contributed by atoms with Crippen LogP contribution in [0.4, 0.5) is 0 Å². The fraction of sp³-hybridized carbons (Fsp3) is 0.462. The molecule has 0 aliphatic heterocycles. The maximum Gasteiger partial charge on any atom is 0.261 e. The molecular weight excluding hydrogens is 404 g/mol. The number of hydrogen-bond donors (Lipinski definition) is 1. The van der Waals surface area contributed by atoms with Crippen LogP contribution in [0.3, 0.4) is 0 Å². The number of ether oxygens (including phenoxy) is 2. The number of aryl methyl sites for hydroxylation is 2. The van der Waals surface area contributed by atoms with Crippen molar-refractivity contribution >= 4 is 11.8 Å². The van der Waals surface area contributed by atoms with Crippen molar-refractivity contribution in [1.29, 1.82) is 0 Å². The van der Waals surface area contributed by atoms with Crippen LogP contribution in [0.2, 0.25) is 0 Å². The minimum absolute atomic E-state index is 0.146. The molecule has 0 saturated heterocycles. The van der Waals surface area contributed by atoms with Crippen molar-refractivity contribution in [2.45, 2.75) is 66.6 Å². The summed E-state index contributed by atoms with van der Waals surface area (Å²) >= 11 is 0. The van der Waals surface area contributed by atoms with Crippen LogP contribution in [0.5, 0.6) is 11.5 Å². The normalized spacial score (nSPS) is 12.1. The summed E-state index contributed by atoms with van der Waals surface area (Å²) in [6.45, 7) is 13.6. The summed E-state index contributed by atoms with van der Waals surface area (Å²) in [5.74, 6) is 0.962. The van der Waals surface area contributed by atoms with Crippen molar-refractivity contribution in [3.8, 4) is 11.5 Å². The van der Waals surface area contributed by atoms with Gasteiger partial charge in [0, 0.05) is 12.1 Å². The van der Waals surface area contributed by atoms with E-state index in [0.717, 1.165) is 28.0 Å². The molecule has 174 valence electrons. The van der Waals surface area contributed by atoms with Gasteiger partial charge in [-0.1, -0.05) is 18.2 Å². The van der Waals surface area contributed by atoms with Crippen LogP contribution in [-0.4, -0.2) is 42.0 Å². The van der Waals surface area contributed by atoms with Gasteiger partial charge in [-0.25, -0.2) is 0 Å². The Hall–Kier alpha value is -3.02. The molecule has 0 unspecified atom stereocenters. The molecule has 1 atom stereocenters. The minimum atomic E-state index is -0.659. The quantitative estimate of drug-likeness (QED) is 0.663. The summed E-state index contributed by atoms with van der Waals surface area (Å²) < 4.78 is 11.1. The van der Waals surface area contributed by atoms with Gasteiger partial charge in [-0.15, -0.1) is 0 Å². The zero-order valence-corrected chi connectivity index (χ0v) is 20.5. The van der Waals surface area contributed by atoms with Gasteiger partial charge in [-0.05, 0) is 88.9 Å². The predicted molar refractivity (Wildman–Crippen MR) is 127 cm³/mol. The van der Waals surface area contributed by atoms with E-state index in [1.807, 2.05) is 71.9 Å². The van der Waals surface area contributed by atoms with Crippen molar-refractivity contribution in [2.75, 3.05) is 13.7 Å². The van der Waals surface area contributed by atoms with Crippen LogP contribution in [0.15, 0.2) is 36.4 Å². The van der Waals surface area contributed by atoms with Gasteiger partial charge in [-0.3, -0.25) is 9.59 Å². The molecule has 2 aromatic rings. The van der Waals surface area contributed by atoms with Gasteiger partial charge in [-0.2, -0.15) is 0 Å². The molecule has 0 aliphatic rings. The standard InChI is InChI=1S/C26H36N2O4/c1-17-13-18(2)19(3)23(14-17)32-16-24(29)28(20(4)25(30)27-26(5,6)7)15-21-9-11-22(31-8)12-10-21/h9-14,20H,15-16H2,1-8H3,(H,27,30)/t20-/m0/s1. The van der Waals surface area contributed by atoms with E-state index in [9.17, 15) is 9.59 Å². The first-order valence-electron chi connectivity index (χ1n) is 10.9. The number of nitrogens with one attached hydrogen (secondary N) is 1. The number of benzene rings is 2. The summed E-state index contributed by atoms with van der Waals surface area (Å²) in [5.41, 5.74) is 3.69. The molecule has 0 radical (unpaired) electrons. The van der Waals surface area contributed by atoms with E-state index in [1.54, 1.807) is 18.9 Å². The first-order valence-corrected chi connectivity index (χ1v) is 10.9. The first kappa shape index (κ1) is 25.2. The smallest absolute Gasteiger partial charge is 0.261 e. The number of carbonyl (C=O) groups excluding carboxylic acids is 2.